The third kappa shape index (κ3) is 2.38. The lowest BCUT2D eigenvalue weighted by Gasteiger charge is -2.14. The van der Waals surface area contributed by atoms with Crippen LogP contribution in [0.25, 0.3) is 0 Å². The number of aromatic nitrogens is 2. The lowest BCUT2D eigenvalue weighted by molar-refractivity contribution is 0.333. The molecule has 0 amide bonds. The Morgan fingerprint density at radius 3 is 3.00 bits per heavy atom. The second kappa shape index (κ2) is 4.87. The first kappa shape index (κ1) is 11.5. The van der Waals surface area contributed by atoms with Gasteiger partial charge in [0.2, 0.25) is 5.95 Å². The van der Waals surface area contributed by atoms with Crippen molar-refractivity contribution in [1.82, 2.24) is 14.5 Å². The first-order chi connectivity index (χ1) is 7.72. The zero-order chi connectivity index (χ0) is 11.5. The first-order valence-electron chi connectivity index (χ1n) is 6.16. The van der Waals surface area contributed by atoms with Crippen LogP contribution in [0.2, 0.25) is 0 Å². The molecule has 1 aliphatic rings. The average molecular weight is 222 g/mol. The standard InChI is InChI=1S/C12H22N4/c1-4-15-6-5-11(8-15)9-16-7-10(2)14-12(16)13-3/h7,11H,4-6,8-9H2,1-3H3,(H,13,14). The maximum Gasteiger partial charge on any atom is 0.202 e. The minimum absolute atomic E-state index is 0.778. The van der Waals surface area contributed by atoms with Crippen LogP contribution in [0.1, 0.15) is 19.0 Å². The van der Waals surface area contributed by atoms with E-state index in [1.807, 2.05) is 14.0 Å². The Kier molecular flexibility index (Phi) is 3.49. The van der Waals surface area contributed by atoms with Crippen molar-refractivity contribution in [2.75, 3.05) is 32.0 Å². The van der Waals surface area contributed by atoms with Gasteiger partial charge in [-0.15, -0.1) is 0 Å². The molecule has 2 rings (SSSR count). The molecule has 2 heterocycles. The van der Waals surface area contributed by atoms with E-state index in [-0.39, 0.29) is 0 Å². The molecule has 0 aliphatic carbocycles. The molecule has 0 saturated carbocycles. The predicted octanol–water partition coefficient (Wildman–Crippen LogP) is 1.58. The highest BCUT2D eigenvalue weighted by atomic mass is 15.2. The summed E-state index contributed by atoms with van der Waals surface area (Å²) in [5, 5.41) is 3.15. The molecule has 90 valence electrons. The number of hydrogen-bond donors (Lipinski definition) is 1. The van der Waals surface area contributed by atoms with Gasteiger partial charge < -0.3 is 14.8 Å². The van der Waals surface area contributed by atoms with Gasteiger partial charge in [0, 0.05) is 26.3 Å². The molecule has 1 aromatic heterocycles. The van der Waals surface area contributed by atoms with E-state index in [4.69, 9.17) is 0 Å². The number of likely N-dealkylation sites (tertiary alicyclic amines) is 1. The molecule has 1 saturated heterocycles. The second-order valence-corrected chi connectivity index (χ2v) is 4.66. The van der Waals surface area contributed by atoms with Gasteiger partial charge in [0.15, 0.2) is 0 Å². The molecule has 16 heavy (non-hydrogen) atoms. The molecular weight excluding hydrogens is 200 g/mol. The number of hydrogen-bond acceptors (Lipinski definition) is 3. The molecule has 1 unspecified atom stereocenters. The smallest absolute Gasteiger partial charge is 0.202 e. The van der Waals surface area contributed by atoms with Crippen LogP contribution >= 0.6 is 0 Å². The number of aryl methyl sites for hydroxylation is 1. The summed E-state index contributed by atoms with van der Waals surface area (Å²) in [6, 6.07) is 0. The molecule has 1 aliphatic heterocycles. The van der Waals surface area contributed by atoms with Crippen LogP contribution in [0.3, 0.4) is 0 Å². The van der Waals surface area contributed by atoms with E-state index >= 15 is 0 Å². The van der Waals surface area contributed by atoms with Crippen molar-refractivity contribution in [3.05, 3.63) is 11.9 Å². The quantitative estimate of drug-likeness (QED) is 0.839. The molecule has 0 aromatic carbocycles. The Hall–Kier alpha value is -1.03. The maximum atomic E-state index is 4.45. The van der Waals surface area contributed by atoms with Crippen LogP contribution in [0, 0.1) is 12.8 Å². The molecule has 4 nitrogen and oxygen atoms in total. The van der Waals surface area contributed by atoms with Crippen molar-refractivity contribution in [3.63, 3.8) is 0 Å². The zero-order valence-corrected chi connectivity index (χ0v) is 10.5. The third-order valence-electron chi connectivity index (χ3n) is 3.39. The number of nitrogens with one attached hydrogen (secondary N) is 1. The summed E-state index contributed by atoms with van der Waals surface area (Å²) >= 11 is 0. The second-order valence-electron chi connectivity index (χ2n) is 4.66. The Balaban J connectivity index is 1.98. The van der Waals surface area contributed by atoms with Crippen molar-refractivity contribution in [2.45, 2.75) is 26.8 Å². The average Bonchev–Trinajstić information content (AvgIpc) is 2.85. The van der Waals surface area contributed by atoms with Crippen molar-refractivity contribution in [3.8, 4) is 0 Å². The molecule has 0 radical (unpaired) electrons. The molecule has 0 bridgehead atoms. The normalized spacial score (nSPS) is 21.6. The number of rotatable bonds is 4. The molecule has 1 aromatic rings. The number of imidazole rings is 1. The highest BCUT2D eigenvalue weighted by molar-refractivity contribution is 5.27. The van der Waals surface area contributed by atoms with Gasteiger partial charge in [-0.25, -0.2) is 4.98 Å². The lowest BCUT2D eigenvalue weighted by atomic mass is 10.1. The van der Waals surface area contributed by atoms with E-state index in [1.165, 1.54) is 26.1 Å². The van der Waals surface area contributed by atoms with Crippen LogP contribution < -0.4 is 5.32 Å². The van der Waals surface area contributed by atoms with E-state index in [0.29, 0.717) is 0 Å². The summed E-state index contributed by atoms with van der Waals surface area (Å²) in [7, 11) is 1.94. The van der Waals surface area contributed by atoms with E-state index < -0.39 is 0 Å². The SMILES string of the molecule is CCN1CCC(Cn2cc(C)nc2NC)C1. The van der Waals surface area contributed by atoms with Crippen molar-refractivity contribution in [2.24, 2.45) is 5.92 Å². The maximum absolute atomic E-state index is 4.45. The summed E-state index contributed by atoms with van der Waals surface area (Å²) in [4.78, 5) is 6.97. The molecule has 0 spiro atoms. The fourth-order valence-corrected chi connectivity index (χ4v) is 2.51. The summed E-state index contributed by atoms with van der Waals surface area (Å²) < 4.78 is 2.25. The Labute approximate surface area is 97.7 Å². The summed E-state index contributed by atoms with van der Waals surface area (Å²) in [5.41, 5.74) is 1.09. The summed E-state index contributed by atoms with van der Waals surface area (Å²) in [6.07, 6.45) is 3.45. The third-order valence-corrected chi connectivity index (χ3v) is 3.39. The van der Waals surface area contributed by atoms with Crippen LogP contribution in [0.4, 0.5) is 5.95 Å². The van der Waals surface area contributed by atoms with Crippen molar-refractivity contribution < 1.29 is 0 Å². The number of anilines is 1. The monoisotopic (exact) mass is 222 g/mol. The van der Waals surface area contributed by atoms with Gasteiger partial charge in [-0.3, -0.25) is 0 Å². The fourth-order valence-electron chi connectivity index (χ4n) is 2.51. The van der Waals surface area contributed by atoms with Crippen molar-refractivity contribution >= 4 is 5.95 Å². The van der Waals surface area contributed by atoms with Crippen LogP contribution in [0.15, 0.2) is 6.20 Å². The Morgan fingerprint density at radius 1 is 1.56 bits per heavy atom. The lowest BCUT2D eigenvalue weighted by Crippen LogP contribution is -2.21. The summed E-state index contributed by atoms with van der Waals surface area (Å²) in [6.45, 7) is 9.04. The molecule has 1 N–H and O–H groups in total. The van der Waals surface area contributed by atoms with E-state index in [9.17, 15) is 0 Å². The van der Waals surface area contributed by atoms with Crippen LogP contribution in [-0.4, -0.2) is 41.1 Å². The topological polar surface area (TPSA) is 33.1 Å². The Morgan fingerprint density at radius 2 is 2.38 bits per heavy atom. The minimum atomic E-state index is 0.778. The van der Waals surface area contributed by atoms with Crippen LogP contribution in [-0.2, 0) is 6.54 Å². The first-order valence-corrected chi connectivity index (χ1v) is 6.16. The van der Waals surface area contributed by atoms with Gasteiger partial charge in [0.25, 0.3) is 0 Å². The Bertz CT molecular complexity index is 345. The molecular formula is C12H22N4. The highest BCUT2D eigenvalue weighted by Gasteiger charge is 2.22. The fraction of sp³-hybridized carbons (Fsp3) is 0.750. The predicted molar refractivity (Wildman–Crippen MR) is 66.7 cm³/mol. The molecule has 4 heteroatoms. The van der Waals surface area contributed by atoms with Gasteiger partial charge in [-0.1, -0.05) is 6.92 Å². The van der Waals surface area contributed by atoms with Gasteiger partial charge in [-0.05, 0) is 32.4 Å². The largest absolute Gasteiger partial charge is 0.359 e. The van der Waals surface area contributed by atoms with E-state index in [0.717, 1.165) is 24.1 Å². The van der Waals surface area contributed by atoms with Gasteiger partial charge in [-0.2, -0.15) is 0 Å². The highest BCUT2D eigenvalue weighted by Crippen LogP contribution is 2.20. The molecule has 1 atom stereocenters. The molecule has 1 fully saturated rings. The van der Waals surface area contributed by atoms with E-state index in [1.54, 1.807) is 0 Å². The number of nitrogens with zero attached hydrogens (tertiary/aromatic N) is 3. The van der Waals surface area contributed by atoms with Crippen molar-refractivity contribution in [1.29, 1.82) is 0 Å². The van der Waals surface area contributed by atoms with E-state index in [2.05, 4.69) is 32.9 Å². The zero-order valence-electron chi connectivity index (χ0n) is 10.5. The van der Waals surface area contributed by atoms with Crippen LogP contribution in [0.5, 0.6) is 0 Å². The van der Waals surface area contributed by atoms with Gasteiger partial charge >= 0.3 is 0 Å². The van der Waals surface area contributed by atoms with Gasteiger partial charge in [0.1, 0.15) is 0 Å². The van der Waals surface area contributed by atoms with Gasteiger partial charge in [0.05, 0.1) is 5.69 Å². The summed E-state index contributed by atoms with van der Waals surface area (Å²) in [5.74, 6) is 1.77. The minimum Gasteiger partial charge on any atom is -0.359 e.